The lowest BCUT2D eigenvalue weighted by atomic mass is 9.95. The summed E-state index contributed by atoms with van der Waals surface area (Å²) >= 11 is 5.42. The Morgan fingerprint density at radius 2 is 1.81 bits per heavy atom. The summed E-state index contributed by atoms with van der Waals surface area (Å²) < 4.78 is 0. The molecule has 0 spiro atoms. The molecule has 0 amide bonds. The lowest BCUT2D eigenvalue weighted by Crippen LogP contribution is -2.35. The van der Waals surface area contributed by atoms with E-state index in [-0.39, 0.29) is 0 Å². The Bertz CT molecular complexity index is 898. The summed E-state index contributed by atoms with van der Waals surface area (Å²) in [5.41, 5.74) is 6.83. The van der Waals surface area contributed by atoms with Crippen LogP contribution in [0.25, 0.3) is 10.9 Å². The smallest absolute Gasteiger partial charge is 0.166 e. The largest absolute Gasteiger partial charge is 0.362 e. The van der Waals surface area contributed by atoms with E-state index in [2.05, 4.69) is 58.1 Å². The highest BCUT2D eigenvalue weighted by atomic mass is 32.1. The number of aryl methyl sites for hydroxylation is 2. The van der Waals surface area contributed by atoms with Crippen molar-refractivity contribution in [3.63, 3.8) is 0 Å². The van der Waals surface area contributed by atoms with Crippen LogP contribution in [0, 0.1) is 0 Å². The maximum atomic E-state index is 5.42. The van der Waals surface area contributed by atoms with Crippen LogP contribution in [0.5, 0.6) is 0 Å². The number of H-pyrrole nitrogens is 1. The first-order chi connectivity index (χ1) is 12.8. The SMILES string of the molecule is S=C(NCCc1ccccc1)NCc1ccc2[nH]c3c(c2c1)CCCC3. The average molecular weight is 364 g/mol. The van der Waals surface area contributed by atoms with Gasteiger partial charge in [-0.1, -0.05) is 36.4 Å². The summed E-state index contributed by atoms with van der Waals surface area (Å²) in [6, 6.07) is 17.2. The quantitative estimate of drug-likeness (QED) is 0.594. The fourth-order valence-electron chi connectivity index (χ4n) is 3.77. The monoisotopic (exact) mass is 363 g/mol. The van der Waals surface area contributed by atoms with Crippen LogP contribution in [0.3, 0.4) is 0 Å². The molecule has 0 saturated carbocycles. The third-order valence-electron chi connectivity index (χ3n) is 5.16. The first-order valence-corrected chi connectivity index (χ1v) is 9.88. The second kappa shape index (κ2) is 7.92. The van der Waals surface area contributed by atoms with E-state index in [1.807, 2.05) is 6.07 Å². The van der Waals surface area contributed by atoms with Crippen LogP contribution in [-0.2, 0) is 25.8 Å². The molecule has 0 atom stereocenters. The van der Waals surface area contributed by atoms with Crippen LogP contribution in [0.15, 0.2) is 48.5 Å². The molecule has 26 heavy (non-hydrogen) atoms. The number of rotatable bonds is 5. The highest BCUT2D eigenvalue weighted by Crippen LogP contribution is 2.29. The number of aromatic amines is 1. The van der Waals surface area contributed by atoms with Gasteiger partial charge in [0.05, 0.1) is 0 Å². The Morgan fingerprint density at radius 1 is 0.962 bits per heavy atom. The van der Waals surface area contributed by atoms with Gasteiger partial charge < -0.3 is 15.6 Å². The second-order valence-electron chi connectivity index (χ2n) is 7.01. The highest BCUT2D eigenvalue weighted by Gasteiger charge is 2.15. The highest BCUT2D eigenvalue weighted by molar-refractivity contribution is 7.80. The Labute approximate surface area is 160 Å². The predicted molar refractivity (Wildman–Crippen MR) is 113 cm³/mol. The average Bonchev–Trinajstić information content (AvgIpc) is 3.05. The lowest BCUT2D eigenvalue weighted by Gasteiger charge is -2.12. The minimum atomic E-state index is 0.720. The van der Waals surface area contributed by atoms with E-state index in [0.717, 1.165) is 24.6 Å². The molecule has 2 aromatic carbocycles. The minimum Gasteiger partial charge on any atom is -0.362 e. The van der Waals surface area contributed by atoms with Crippen molar-refractivity contribution >= 4 is 28.2 Å². The van der Waals surface area contributed by atoms with Crippen molar-refractivity contribution in [1.29, 1.82) is 0 Å². The van der Waals surface area contributed by atoms with Gasteiger partial charge in [-0.15, -0.1) is 0 Å². The van der Waals surface area contributed by atoms with Crippen molar-refractivity contribution in [3.05, 3.63) is 70.9 Å². The van der Waals surface area contributed by atoms with E-state index >= 15 is 0 Å². The van der Waals surface area contributed by atoms with Gasteiger partial charge in [-0.2, -0.15) is 0 Å². The van der Waals surface area contributed by atoms with Gasteiger partial charge in [-0.25, -0.2) is 0 Å². The van der Waals surface area contributed by atoms with Gasteiger partial charge in [-0.05, 0) is 73.1 Å². The van der Waals surface area contributed by atoms with E-state index in [0.29, 0.717) is 0 Å². The summed E-state index contributed by atoms with van der Waals surface area (Å²) in [7, 11) is 0. The Kier molecular flexibility index (Phi) is 5.21. The fraction of sp³-hybridized carbons (Fsp3) is 0.318. The molecule has 4 rings (SSSR count). The molecule has 0 fully saturated rings. The van der Waals surface area contributed by atoms with Crippen molar-refractivity contribution in [2.75, 3.05) is 6.54 Å². The van der Waals surface area contributed by atoms with Gasteiger partial charge in [0.25, 0.3) is 0 Å². The maximum absolute atomic E-state index is 5.42. The van der Waals surface area contributed by atoms with Crippen molar-refractivity contribution < 1.29 is 0 Å². The van der Waals surface area contributed by atoms with Crippen molar-refractivity contribution in [1.82, 2.24) is 15.6 Å². The van der Waals surface area contributed by atoms with Crippen LogP contribution >= 0.6 is 12.2 Å². The Hall–Kier alpha value is -2.33. The van der Waals surface area contributed by atoms with Crippen LogP contribution in [0.2, 0.25) is 0 Å². The summed E-state index contributed by atoms with van der Waals surface area (Å²) in [6.07, 6.45) is 5.97. The molecule has 134 valence electrons. The second-order valence-corrected chi connectivity index (χ2v) is 7.42. The van der Waals surface area contributed by atoms with Crippen molar-refractivity contribution in [2.45, 2.75) is 38.6 Å². The van der Waals surface area contributed by atoms with Gasteiger partial charge in [0.15, 0.2) is 5.11 Å². The number of nitrogens with one attached hydrogen (secondary N) is 3. The molecule has 3 nitrogen and oxygen atoms in total. The lowest BCUT2D eigenvalue weighted by molar-refractivity contribution is 0.680. The number of benzene rings is 2. The van der Waals surface area contributed by atoms with Gasteiger partial charge in [0.1, 0.15) is 0 Å². The van der Waals surface area contributed by atoms with Crippen LogP contribution in [0.4, 0.5) is 0 Å². The normalized spacial score (nSPS) is 13.4. The zero-order valence-electron chi connectivity index (χ0n) is 15.0. The van der Waals surface area contributed by atoms with Gasteiger partial charge in [0, 0.05) is 29.7 Å². The Balaban J connectivity index is 1.32. The standard InChI is InChI=1S/C22H25N3S/c26-22(23-13-12-16-6-2-1-3-7-16)24-15-17-10-11-21-19(14-17)18-8-4-5-9-20(18)25-21/h1-3,6-7,10-11,14,25H,4-5,8-9,12-13,15H2,(H2,23,24,26). The zero-order valence-corrected chi connectivity index (χ0v) is 15.8. The maximum Gasteiger partial charge on any atom is 0.166 e. The number of aromatic nitrogens is 1. The molecular formula is C22H25N3S. The molecule has 0 unspecified atom stereocenters. The topological polar surface area (TPSA) is 39.8 Å². The molecule has 0 bridgehead atoms. The number of hydrogen-bond donors (Lipinski definition) is 3. The first-order valence-electron chi connectivity index (χ1n) is 9.47. The summed E-state index contributed by atoms with van der Waals surface area (Å²) in [4.78, 5) is 3.59. The Morgan fingerprint density at radius 3 is 2.69 bits per heavy atom. The van der Waals surface area contributed by atoms with Crippen molar-refractivity contribution in [3.8, 4) is 0 Å². The van der Waals surface area contributed by atoms with E-state index < -0.39 is 0 Å². The number of fused-ring (bicyclic) bond motifs is 3. The first kappa shape index (κ1) is 17.1. The molecule has 1 aromatic heterocycles. The van der Waals surface area contributed by atoms with E-state index in [4.69, 9.17) is 12.2 Å². The van der Waals surface area contributed by atoms with Gasteiger partial charge in [-0.3, -0.25) is 0 Å². The van der Waals surface area contributed by atoms with Crippen LogP contribution in [0.1, 0.15) is 35.2 Å². The van der Waals surface area contributed by atoms with Gasteiger partial charge in [0.2, 0.25) is 0 Å². The zero-order chi connectivity index (χ0) is 17.8. The number of thiocarbonyl (C=S) groups is 1. The summed E-state index contributed by atoms with van der Waals surface area (Å²) in [5, 5.41) is 8.74. The molecule has 1 heterocycles. The molecule has 3 N–H and O–H groups in total. The third-order valence-corrected chi connectivity index (χ3v) is 5.45. The molecule has 4 heteroatoms. The summed E-state index contributed by atoms with van der Waals surface area (Å²) in [6.45, 7) is 1.60. The molecule has 0 radical (unpaired) electrons. The van der Waals surface area contributed by atoms with E-state index in [9.17, 15) is 0 Å². The van der Waals surface area contributed by atoms with E-state index in [1.54, 1.807) is 0 Å². The van der Waals surface area contributed by atoms with E-state index in [1.165, 1.54) is 59.0 Å². The van der Waals surface area contributed by atoms with Crippen molar-refractivity contribution in [2.24, 2.45) is 0 Å². The van der Waals surface area contributed by atoms with Gasteiger partial charge >= 0.3 is 0 Å². The molecule has 3 aromatic rings. The molecule has 0 saturated heterocycles. The minimum absolute atomic E-state index is 0.720. The fourth-order valence-corrected chi connectivity index (χ4v) is 3.95. The van der Waals surface area contributed by atoms with Crippen LogP contribution in [-0.4, -0.2) is 16.6 Å². The predicted octanol–water partition coefficient (Wildman–Crippen LogP) is 4.25. The van der Waals surface area contributed by atoms with Crippen LogP contribution < -0.4 is 10.6 Å². The summed E-state index contributed by atoms with van der Waals surface area (Å²) in [5.74, 6) is 0. The molecule has 0 aliphatic heterocycles. The third kappa shape index (κ3) is 3.91. The number of hydrogen-bond acceptors (Lipinski definition) is 1. The molecular weight excluding hydrogens is 338 g/mol. The molecule has 1 aliphatic rings. The molecule has 1 aliphatic carbocycles.